The predicted molar refractivity (Wildman–Crippen MR) is 242 cm³/mol. The van der Waals surface area contributed by atoms with Crippen LogP contribution >= 0.6 is 0 Å². The van der Waals surface area contributed by atoms with Crippen molar-refractivity contribution in [1.29, 1.82) is 0 Å². The highest BCUT2D eigenvalue weighted by atomic mass is 16.6. The third-order valence-corrected chi connectivity index (χ3v) is 8.82. The van der Waals surface area contributed by atoms with Crippen molar-refractivity contribution in [2.75, 3.05) is 19.8 Å². The largest absolute Gasteiger partial charge is 0.462 e. The summed E-state index contributed by atoms with van der Waals surface area (Å²) in [7, 11) is 0. The molecule has 0 aliphatic heterocycles. The molecule has 1 unspecified atom stereocenters. The second-order valence-electron chi connectivity index (χ2n) is 14.2. The molecule has 0 fully saturated rings. The maximum atomic E-state index is 12.7. The molecule has 5 nitrogen and oxygen atoms in total. The maximum Gasteiger partial charge on any atom is 0.306 e. The molecule has 0 heterocycles. The summed E-state index contributed by atoms with van der Waals surface area (Å²) < 4.78 is 17.2. The summed E-state index contributed by atoms with van der Waals surface area (Å²) in [6.45, 7) is 7.43. The van der Waals surface area contributed by atoms with Crippen LogP contribution in [0.25, 0.3) is 0 Å². The van der Waals surface area contributed by atoms with Gasteiger partial charge in [0, 0.05) is 19.4 Å². The zero-order chi connectivity index (χ0) is 40.7. The van der Waals surface area contributed by atoms with Gasteiger partial charge in [0.15, 0.2) is 6.10 Å². The van der Waals surface area contributed by atoms with Gasteiger partial charge in [0.2, 0.25) is 0 Å². The van der Waals surface area contributed by atoms with Gasteiger partial charge in [-0.15, -0.1) is 0 Å². The van der Waals surface area contributed by atoms with Crippen LogP contribution in [0.2, 0.25) is 0 Å². The highest BCUT2D eigenvalue weighted by molar-refractivity contribution is 5.70. The van der Waals surface area contributed by atoms with Crippen molar-refractivity contribution >= 4 is 11.9 Å². The Kier molecular flexibility index (Phi) is 43.1. The first-order valence-electron chi connectivity index (χ1n) is 22.4. The van der Waals surface area contributed by atoms with E-state index in [2.05, 4.69) is 124 Å². The number of rotatable bonds is 39. The van der Waals surface area contributed by atoms with Crippen LogP contribution in [0.3, 0.4) is 0 Å². The monoisotopic (exact) mass is 775 g/mol. The van der Waals surface area contributed by atoms with Crippen LogP contribution in [0, 0.1) is 0 Å². The Hall–Kier alpha value is -3.44. The lowest BCUT2D eigenvalue weighted by molar-refractivity contribution is -0.162. The van der Waals surface area contributed by atoms with Crippen LogP contribution < -0.4 is 0 Å². The van der Waals surface area contributed by atoms with Crippen LogP contribution in [-0.2, 0) is 23.8 Å². The number of hydrogen-bond acceptors (Lipinski definition) is 5. The molecule has 0 radical (unpaired) electrons. The molecule has 0 bridgehead atoms. The van der Waals surface area contributed by atoms with Crippen molar-refractivity contribution in [3.8, 4) is 0 Å². The number of unbranched alkanes of at least 4 members (excludes halogenated alkanes) is 10. The standard InChI is InChI=1S/C51H82O5/c1-4-7-10-13-16-19-22-24-25-26-27-29-30-32-35-38-41-44-50(52)55-48-49(47-54-46-43-40-37-34-21-18-15-12-9-6-3)56-51(53)45-42-39-36-33-31-28-23-20-17-14-11-8-5-2/h7-8,10-11,16-17,19-20,24-25,27-29,31-32,35-36,39,49H,4-6,9,12-15,18,21-23,26,30,33-34,37-38,40-48H2,1-3H3/b10-7-,11-8-,19-16-,20-17-,25-24-,29-27-,31-28-,35-32-,39-36-. The fourth-order valence-corrected chi connectivity index (χ4v) is 5.56. The molecule has 0 aromatic rings. The first-order valence-corrected chi connectivity index (χ1v) is 22.4. The van der Waals surface area contributed by atoms with E-state index >= 15 is 0 Å². The Labute approximate surface area is 344 Å². The Bertz CT molecular complexity index is 1150. The zero-order valence-electron chi connectivity index (χ0n) is 36.1. The molecule has 0 saturated carbocycles. The predicted octanol–water partition coefficient (Wildman–Crippen LogP) is 14.9. The topological polar surface area (TPSA) is 61.8 Å². The molecule has 0 aromatic carbocycles. The van der Waals surface area contributed by atoms with E-state index in [9.17, 15) is 9.59 Å². The molecular formula is C51H82O5. The molecule has 0 N–H and O–H groups in total. The van der Waals surface area contributed by atoms with Gasteiger partial charge in [0.1, 0.15) is 6.61 Å². The number of carbonyl (C=O) groups excluding carboxylic acids is 2. The molecule has 0 saturated heterocycles. The van der Waals surface area contributed by atoms with Crippen LogP contribution in [0.1, 0.15) is 175 Å². The van der Waals surface area contributed by atoms with Gasteiger partial charge in [-0.2, -0.15) is 0 Å². The van der Waals surface area contributed by atoms with E-state index in [0.29, 0.717) is 19.4 Å². The lowest BCUT2D eigenvalue weighted by atomic mass is 10.1. The van der Waals surface area contributed by atoms with Gasteiger partial charge < -0.3 is 14.2 Å². The van der Waals surface area contributed by atoms with Crippen LogP contribution in [0.4, 0.5) is 0 Å². The van der Waals surface area contributed by atoms with Gasteiger partial charge in [0.25, 0.3) is 0 Å². The average Bonchev–Trinajstić information content (AvgIpc) is 3.20. The fraction of sp³-hybridized carbons (Fsp3) is 0.608. The van der Waals surface area contributed by atoms with Crippen molar-refractivity contribution < 1.29 is 23.8 Å². The second-order valence-corrected chi connectivity index (χ2v) is 14.2. The Morgan fingerprint density at radius 2 is 0.821 bits per heavy atom. The second kappa shape index (κ2) is 45.9. The summed E-state index contributed by atoms with van der Waals surface area (Å²) in [5.41, 5.74) is 0. The van der Waals surface area contributed by atoms with Gasteiger partial charge in [0.05, 0.1) is 6.61 Å². The van der Waals surface area contributed by atoms with Crippen LogP contribution in [-0.4, -0.2) is 37.9 Å². The normalized spacial score (nSPS) is 13.3. The molecule has 56 heavy (non-hydrogen) atoms. The molecule has 0 rings (SSSR count). The fourth-order valence-electron chi connectivity index (χ4n) is 5.56. The summed E-state index contributed by atoms with van der Waals surface area (Å²) >= 11 is 0. The van der Waals surface area contributed by atoms with E-state index in [1.807, 2.05) is 6.08 Å². The molecule has 0 aromatic heterocycles. The summed E-state index contributed by atoms with van der Waals surface area (Å²) in [6, 6.07) is 0. The van der Waals surface area contributed by atoms with Gasteiger partial charge in [-0.3, -0.25) is 9.59 Å². The van der Waals surface area contributed by atoms with E-state index in [1.54, 1.807) is 0 Å². The van der Waals surface area contributed by atoms with E-state index < -0.39 is 6.10 Å². The molecule has 0 aliphatic carbocycles. The smallest absolute Gasteiger partial charge is 0.306 e. The van der Waals surface area contributed by atoms with E-state index in [-0.39, 0.29) is 31.6 Å². The van der Waals surface area contributed by atoms with Gasteiger partial charge in [-0.25, -0.2) is 0 Å². The Morgan fingerprint density at radius 3 is 1.29 bits per heavy atom. The van der Waals surface area contributed by atoms with Gasteiger partial charge in [-0.05, 0) is 83.5 Å². The minimum Gasteiger partial charge on any atom is -0.462 e. The van der Waals surface area contributed by atoms with Crippen molar-refractivity contribution in [1.82, 2.24) is 0 Å². The van der Waals surface area contributed by atoms with Crippen LogP contribution in [0.5, 0.6) is 0 Å². The van der Waals surface area contributed by atoms with Crippen molar-refractivity contribution in [2.45, 2.75) is 181 Å². The highest BCUT2D eigenvalue weighted by Gasteiger charge is 2.17. The number of ether oxygens (including phenoxy) is 3. The van der Waals surface area contributed by atoms with Crippen molar-refractivity contribution in [2.24, 2.45) is 0 Å². The van der Waals surface area contributed by atoms with Gasteiger partial charge in [-0.1, -0.05) is 188 Å². The Morgan fingerprint density at radius 1 is 0.411 bits per heavy atom. The quantitative estimate of drug-likeness (QED) is 0.0354. The zero-order valence-corrected chi connectivity index (χ0v) is 36.1. The number of esters is 2. The summed E-state index contributed by atoms with van der Waals surface area (Å²) in [5, 5.41) is 0. The number of hydrogen-bond donors (Lipinski definition) is 0. The third kappa shape index (κ3) is 43.3. The minimum atomic E-state index is -0.599. The molecule has 316 valence electrons. The highest BCUT2D eigenvalue weighted by Crippen LogP contribution is 2.11. The third-order valence-electron chi connectivity index (χ3n) is 8.82. The average molecular weight is 775 g/mol. The summed E-state index contributed by atoms with van der Waals surface area (Å²) in [5.74, 6) is -0.567. The number of allylic oxidation sites excluding steroid dienone is 18. The minimum absolute atomic E-state index is 0.0221. The van der Waals surface area contributed by atoms with Crippen molar-refractivity contribution in [3.05, 3.63) is 109 Å². The van der Waals surface area contributed by atoms with Gasteiger partial charge >= 0.3 is 11.9 Å². The molecule has 0 aliphatic rings. The SMILES string of the molecule is CC/C=C\C/C=C\C/C=C\C/C=C\C/C=C\CCCC(=O)OCC(COCCCCCCCCCCCC)OC(=O)CC/C=C\C/C=C\C/C=C\C/C=C\CC. The van der Waals surface area contributed by atoms with E-state index in [0.717, 1.165) is 83.5 Å². The van der Waals surface area contributed by atoms with E-state index in [1.165, 1.54) is 51.4 Å². The lowest BCUT2D eigenvalue weighted by Crippen LogP contribution is -2.30. The molecule has 1 atom stereocenters. The Balaban J connectivity index is 4.45. The summed E-state index contributed by atoms with van der Waals surface area (Å²) in [4.78, 5) is 25.2. The maximum absolute atomic E-state index is 12.7. The van der Waals surface area contributed by atoms with Crippen molar-refractivity contribution in [3.63, 3.8) is 0 Å². The molecular weight excluding hydrogens is 693 g/mol. The first-order chi connectivity index (χ1) is 27.6. The lowest BCUT2D eigenvalue weighted by Gasteiger charge is -2.18. The van der Waals surface area contributed by atoms with Crippen LogP contribution in [0.15, 0.2) is 109 Å². The van der Waals surface area contributed by atoms with E-state index in [4.69, 9.17) is 14.2 Å². The first kappa shape index (κ1) is 52.6. The summed E-state index contributed by atoms with van der Waals surface area (Å²) in [6.07, 6.45) is 62.5. The molecule has 0 spiro atoms. The number of carbonyl (C=O) groups is 2. The molecule has 0 amide bonds. The molecule has 5 heteroatoms.